The molecule has 1 aromatic carbocycles. The molecule has 1 fully saturated rings. The molecular weight excluding hydrogens is 290 g/mol. The summed E-state index contributed by atoms with van der Waals surface area (Å²) >= 11 is 0. The fourth-order valence-electron chi connectivity index (χ4n) is 3.29. The van der Waals surface area contributed by atoms with Gasteiger partial charge in [-0.15, -0.1) is 0 Å². The van der Waals surface area contributed by atoms with Crippen LogP contribution >= 0.6 is 0 Å². The van der Waals surface area contributed by atoms with Gasteiger partial charge in [0.1, 0.15) is 0 Å². The smallest absolute Gasteiger partial charge is 0.315 e. The van der Waals surface area contributed by atoms with E-state index >= 15 is 0 Å². The number of carbonyl (C=O) groups excluding carboxylic acids is 1. The maximum absolute atomic E-state index is 12.3. The fraction of sp³-hybridized carbons (Fsp3) is 0.611. The Labute approximate surface area is 139 Å². The van der Waals surface area contributed by atoms with Gasteiger partial charge in [-0.25, -0.2) is 4.79 Å². The molecule has 0 bridgehead atoms. The van der Waals surface area contributed by atoms with E-state index in [1.54, 1.807) is 0 Å². The van der Waals surface area contributed by atoms with E-state index in [1.165, 1.54) is 6.42 Å². The predicted molar refractivity (Wildman–Crippen MR) is 92.3 cm³/mol. The SMILES string of the molecule is CN(C)C1CCCC(NC(=O)N[C@H](CCO)c2ccccc2)C1. The summed E-state index contributed by atoms with van der Waals surface area (Å²) in [5.41, 5.74) is 1.02. The van der Waals surface area contributed by atoms with E-state index in [0.29, 0.717) is 12.5 Å². The summed E-state index contributed by atoms with van der Waals surface area (Å²) in [6, 6.07) is 10.3. The van der Waals surface area contributed by atoms with Gasteiger partial charge in [-0.3, -0.25) is 0 Å². The van der Waals surface area contributed by atoms with Crippen LogP contribution in [0.4, 0.5) is 4.79 Å². The number of aliphatic hydroxyl groups excluding tert-OH is 1. The van der Waals surface area contributed by atoms with E-state index in [-0.39, 0.29) is 24.7 Å². The quantitative estimate of drug-likeness (QED) is 0.754. The predicted octanol–water partition coefficient (Wildman–Crippen LogP) is 2.28. The van der Waals surface area contributed by atoms with Crippen LogP contribution in [0.1, 0.15) is 43.7 Å². The summed E-state index contributed by atoms with van der Waals surface area (Å²) in [6.45, 7) is 0.0476. The Bertz CT molecular complexity index is 478. The Kier molecular flexibility index (Phi) is 6.86. The fourth-order valence-corrected chi connectivity index (χ4v) is 3.29. The molecule has 2 rings (SSSR count). The first-order chi connectivity index (χ1) is 11.1. The first kappa shape index (κ1) is 17.8. The van der Waals surface area contributed by atoms with Gasteiger partial charge in [0.15, 0.2) is 0 Å². The molecule has 1 aromatic rings. The van der Waals surface area contributed by atoms with E-state index < -0.39 is 0 Å². The summed E-state index contributed by atoms with van der Waals surface area (Å²) in [5, 5.41) is 15.4. The monoisotopic (exact) mass is 319 g/mol. The number of carbonyl (C=O) groups is 1. The van der Waals surface area contributed by atoms with Gasteiger partial charge in [-0.05, 0) is 51.8 Å². The molecule has 128 valence electrons. The number of nitrogens with one attached hydrogen (secondary N) is 2. The lowest BCUT2D eigenvalue weighted by atomic mass is 9.90. The highest BCUT2D eigenvalue weighted by atomic mass is 16.3. The maximum Gasteiger partial charge on any atom is 0.315 e. The molecule has 2 amide bonds. The van der Waals surface area contributed by atoms with Gasteiger partial charge < -0.3 is 20.6 Å². The highest BCUT2D eigenvalue weighted by Crippen LogP contribution is 2.22. The number of rotatable bonds is 6. The van der Waals surface area contributed by atoms with Crippen molar-refractivity contribution in [2.75, 3.05) is 20.7 Å². The van der Waals surface area contributed by atoms with Crippen LogP contribution in [0.3, 0.4) is 0 Å². The van der Waals surface area contributed by atoms with Crippen molar-refractivity contribution in [1.82, 2.24) is 15.5 Å². The first-order valence-electron chi connectivity index (χ1n) is 8.49. The molecule has 0 aromatic heterocycles. The van der Waals surface area contributed by atoms with Crippen molar-refractivity contribution in [3.63, 3.8) is 0 Å². The van der Waals surface area contributed by atoms with E-state index in [4.69, 9.17) is 0 Å². The molecule has 0 spiro atoms. The lowest BCUT2D eigenvalue weighted by Gasteiger charge is -2.34. The van der Waals surface area contributed by atoms with Gasteiger partial charge in [-0.1, -0.05) is 30.3 Å². The average molecular weight is 319 g/mol. The third-order valence-corrected chi connectivity index (χ3v) is 4.64. The molecule has 1 aliphatic rings. The van der Waals surface area contributed by atoms with Gasteiger partial charge in [0, 0.05) is 18.7 Å². The van der Waals surface area contributed by atoms with Crippen molar-refractivity contribution in [2.24, 2.45) is 0 Å². The van der Waals surface area contributed by atoms with Crippen molar-refractivity contribution in [1.29, 1.82) is 0 Å². The number of benzene rings is 1. The van der Waals surface area contributed by atoms with Gasteiger partial charge in [0.25, 0.3) is 0 Å². The molecule has 0 radical (unpaired) electrons. The lowest BCUT2D eigenvalue weighted by molar-refractivity contribution is 0.190. The second kappa shape index (κ2) is 8.89. The number of hydrogen-bond donors (Lipinski definition) is 3. The maximum atomic E-state index is 12.3. The third-order valence-electron chi connectivity index (χ3n) is 4.64. The number of hydrogen-bond acceptors (Lipinski definition) is 3. The second-order valence-corrected chi connectivity index (χ2v) is 6.57. The minimum Gasteiger partial charge on any atom is -0.396 e. The van der Waals surface area contributed by atoms with Gasteiger partial charge in [0.2, 0.25) is 0 Å². The molecular formula is C18H29N3O2. The Hall–Kier alpha value is -1.59. The highest BCUT2D eigenvalue weighted by Gasteiger charge is 2.25. The van der Waals surface area contributed by atoms with Crippen LogP contribution in [0.15, 0.2) is 30.3 Å². The molecule has 1 aliphatic carbocycles. The molecule has 3 N–H and O–H groups in total. The number of nitrogens with zero attached hydrogens (tertiary/aromatic N) is 1. The van der Waals surface area contributed by atoms with E-state index in [9.17, 15) is 9.90 Å². The second-order valence-electron chi connectivity index (χ2n) is 6.57. The molecule has 5 nitrogen and oxygen atoms in total. The minimum absolute atomic E-state index is 0.0476. The summed E-state index contributed by atoms with van der Waals surface area (Å²) in [5.74, 6) is 0. The van der Waals surface area contributed by atoms with Crippen molar-refractivity contribution in [2.45, 2.75) is 50.2 Å². The van der Waals surface area contributed by atoms with E-state index in [1.807, 2.05) is 30.3 Å². The summed E-state index contributed by atoms with van der Waals surface area (Å²) < 4.78 is 0. The Morgan fingerprint density at radius 2 is 2.04 bits per heavy atom. The van der Waals surface area contributed by atoms with Crippen LogP contribution in [0.5, 0.6) is 0 Å². The van der Waals surface area contributed by atoms with Crippen molar-refractivity contribution in [3.8, 4) is 0 Å². The molecule has 0 heterocycles. The van der Waals surface area contributed by atoms with Crippen molar-refractivity contribution >= 4 is 6.03 Å². The van der Waals surface area contributed by atoms with Gasteiger partial charge >= 0.3 is 6.03 Å². The van der Waals surface area contributed by atoms with E-state index in [0.717, 1.165) is 24.8 Å². The normalized spacial score (nSPS) is 22.6. The summed E-state index contributed by atoms with van der Waals surface area (Å²) in [4.78, 5) is 14.6. The number of aliphatic hydroxyl groups is 1. The molecule has 0 aliphatic heterocycles. The molecule has 23 heavy (non-hydrogen) atoms. The average Bonchev–Trinajstić information content (AvgIpc) is 2.55. The van der Waals surface area contributed by atoms with Gasteiger partial charge in [0.05, 0.1) is 6.04 Å². The number of urea groups is 1. The van der Waals surface area contributed by atoms with Crippen LogP contribution in [0.25, 0.3) is 0 Å². The Morgan fingerprint density at radius 1 is 1.30 bits per heavy atom. The standard InChI is InChI=1S/C18H29N3O2/c1-21(2)16-10-6-9-15(13-16)19-18(23)20-17(11-12-22)14-7-4-3-5-8-14/h3-5,7-8,15-17,22H,6,9-13H2,1-2H3,(H2,19,20,23)/t15?,16?,17-/m1/s1. The zero-order valence-corrected chi connectivity index (χ0v) is 14.2. The number of amides is 2. The molecule has 2 unspecified atom stereocenters. The third kappa shape index (κ3) is 5.52. The van der Waals surface area contributed by atoms with Crippen LogP contribution in [0, 0.1) is 0 Å². The molecule has 0 saturated heterocycles. The topological polar surface area (TPSA) is 64.6 Å². The van der Waals surface area contributed by atoms with E-state index in [2.05, 4.69) is 29.6 Å². The largest absolute Gasteiger partial charge is 0.396 e. The summed E-state index contributed by atoms with van der Waals surface area (Å²) in [7, 11) is 4.19. The summed E-state index contributed by atoms with van der Waals surface area (Å²) in [6.07, 6.45) is 4.89. The van der Waals surface area contributed by atoms with Crippen molar-refractivity contribution < 1.29 is 9.90 Å². The zero-order valence-electron chi connectivity index (χ0n) is 14.2. The minimum atomic E-state index is -0.158. The molecule has 5 heteroatoms. The molecule has 1 saturated carbocycles. The van der Waals surface area contributed by atoms with Crippen LogP contribution in [0.2, 0.25) is 0 Å². The molecule has 3 atom stereocenters. The van der Waals surface area contributed by atoms with Crippen LogP contribution in [-0.4, -0.2) is 48.8 Å². The lowest BCUT2D eigenvalue weighted by Crippen LogP contribution is -2.48. The van der Waals surface area contributed by atoms with Gasteiger partial charge in [-0.2, -0.15) is 0 Å². The van der Waals surface area contributed by atoms with Crippen molar-refractivity contribution in [3.05, 3.63) is 35.9 Å². The zero-order chi connectivity index (χ0) is 16.7. The van der Waals surface area contributed by atoms with Crippen LogP contribution in [-0.2, 0) is 0 Å². The van der Waals surface area contributed by atoms with Crippen LogP contribution < -0.4 is 10.6 Å². The first-order valence-corrected chi connectivity index (χ1v) is 8.49. The Morgan fingerprint density at radius 3 is 2.70 bits per heavy atom. The highest BCUT2D eigenvalue weighted by molar-refractivity contribution is 5.74. The Balaban J connectivity index is 1.89.